The first-order valence-electron chi connectivity index (χ1n) is 9.88. The quantitative estimate of drug-likeness (QED) is 0.443. The monoisotopic (exact) mass is 406 g/mol. The summed E-state index contributed by atoms with van der Waals surface area (Å²) in [5, 5.41) is 0. The van der Waals surface area contributed by atoms with Crippen molar-refractivity contribution in [2.75, 3.05) is 16.3 Å². The molecule has 0 unspecified atom stereocenters. The summed E-state index contributed by atoms with van der Waals surface area (Å²) in [5.41, 5.74) is 2.98. The molecule has 0 N–H and O–H groups in total. The molecule has 2 aliphatic rings. The number of ether oxygens (including phenoxy) is 1. The van der Waals surface area contributed by atoms with Crippen LogP contribution in [0.15, 0.2) is 42.5 Å². The summed E-state index contributed by atoms with van der Waals surface area (Å²) in [4.78, 5) is 51.7. The second-order valence-electron chi connectivity index (χ2n) is 7.74. The van der Waals surface area contributed by atoms with Crippen LogP contribution in [0, 0.1) is 19.8 Å². The van der Waals surface area contributed by atoms with Crippen LogP contribution >= 0.6 is 0 Å². The van der Waals surface area contributed by atoms with Crippen molar-refractivity contribution in [3.63, 3.8) is 0 Å². The highest BCUT2D eigenvalue weighted by Crippen LogP contribution is 2.31. The molecule has 30 heavy (non-hydrogen) atoms. The highest BCUT2D eigenvalue weighted by molar-refractivity contribution is 6.20. The first-order valence-corrected chi connectivity index (χ1v) is 9.88. The molecular weight excluding hydrogens is 384 g/mol. The fourth-order valence-electron chi connectivity index (χ4n) is 3.90. The minimum absolute atomic E-state index is 0.0978. The smallest absolute Gasteiger partial charge is 0.316 e. The van der Waals surface area contributed by atoms with Gasteiger partial charge < -0.3 is 9.64 Å². The van der Waals surface area contributed by atoms with Gasteiger partial charge in [-0.05, 0) is 55.3 Å². The third-order valence-corrected chi connectivity index (χ3v) is 5.45. The molecule has 2 fully saturated rings. The minimum Gasteiger partial charge on any atom is -0.426 e. The highest BCUT2D eigenvalue weighted by atomic mass is 16.5. The molecule has 3 amide bonds. The van der Waals surface area contributed by atoms with Crippen LogP contribution in [0.5, 0.6) is 5.75 Å². The van der Waals surface area contributed by atoms with Crippen LogP contribution in [0.2, 0.25) is 0 Å². The summed E-state index contributed by atoms with van der Waals surface area (Å²) in [6.07, 6.45) is 0.519. The maximum absolute atomic E-state index is 12.6. The summed E-state index contributed by atoms with van der Waals surface area (Å²) in [7, 11) is 0. The van der Waals surface area contributed by atoms with Gasteiger partial charge in [0.25, 0.3) is 0 Å². The Balaban J connectivity index is 1.45. The van der Waals surface area contributed by atoms with Gasteiger partial charge in [-0.1, -0.05) is 12.1 Å². The lowest BCUT2D eigenvalue weighted by Crippen LogP contribution is -2.29. The van der Waals surface area contributed by atoms with Crippen LogP contribution in [0.4, 0.5) is 11.4 Å². The van der Waals surface area contributed by atoms with Crippen molar-refractivity contribution in [1.82, 2.24) is 0 Å². The first-order chi connectivity index (χ1) is 14.3. The van der Waals surface area contributed by atoms with E-state index < -0.39 is 11.9 Å². The van der Waals surface area contributed by atoms with Crippen LogP contribution in [-0.2, 0) is 19.2 Å². The van der Waals surface area contributed by atoms with Gasteiger partial charge in [-0.3, -0.25) is 24.1 Å². The lowest BCUT2D eigenvalue weighted by atomic mass is 10.1. The largest absolute Gasteiger partial charge is 0.426 e. The predicted octanol–water partition coefficient (Wildman–Crippen LogP) is 2.92. The van der Waals surface area contributed by atoms with Gasteiger partial charge in [0.1, 0.15) is 5.75 Å². The van der Waals surface area contributed by atoms with Crippen molar-refractivity contribution < 1.29 is 23.9 Å². The number of benzene rings is 2. The van der Waals surface area contributed by atoms with Crippen molar-refractivity contribution >= 4 is 35.1 Å². The van der Waals surface area contributed by atoms with Crippen molar-refractivity contribution in [3.8, 4) is 5.75 Å². The topological polar surface area (TPSA) is 84.0 Å². The minimum atomic E-state index is -0.556. The van der Waals surface area contributed by atoms with E-state index in [1.165, 1.54) is 4.90 Å². The van der Waals surface area contributed by atoms with Gasteiger partial charge in [-0.2, -0.15) is 0 Å². The number of hydrogen-bond acceptors (Lipinski definition) is 5. The number of esters is 1. The van der Waals surface area contributed by atoms with Crippen molar-refractivity contribution in [2.45, 2.75) is 33.1 Å². The molecule has 154 valence electrons. The molecule has 2 heterocycles. The van der Waals surface area contributed by atoms with Gasteiger partial charge in [0.15, 0.2) is 0 Å². The van der Waals surface area contributed by atoms with Crippen molar-refractivity contribution in [2.24, 2.45) is 5.92 Å². The number of carbonyl (C=O) groups excluding carboxylic acids is 4. The van der Waals surface area contributed by atoms with Gasteiger partial charge >= 0.3 is 5.97 Å². The van der Waals surface area contributed by atoms with Gasteiger partial charge in [-0.15, -0.1) is 0 Å². The fraction of sp³-hybridized carbons (Fsp3) is 0.304. The lowest BCUT2D eigenvalue weighted by Gasteiger charge is -2.18. The van der Waals surface area contributed by atoms with Crippen LogP contribution in [-0.4, -0.2) is 30.2 Å². The van der Waals surface area contributed by atoms with E-state index in [4.69, 9.17) is 4.74 Å². The number of imide groups is 1. The van der Waals surface area contributed by atoms with E-state index in [9.17, 15) is 19.2 Å². The van der Waals surface area contributed by atoms with Crippen LogP contribution in [0.25, 0.3) is 0 Å². The van der Waals surface area contributed by atoms with E-state index in [-0.39, 0.29) is 43.5 Å². The summed E-state index contributed by atoms with van der Waals surface area (Å²) in [6, 6.07) is 12.4. The number of anilines is 2. The molecule has 7 nitrogen and oxygen atoms in total. The zero-order valence-electron chi connectivity index (χ0n) is 16.9. The fourth-order valence-corrected chi connectivity index (χ4v) is 3.90. The number of nitrogens with zero attached hydrogens (tertiary/aromatic N) is 2. The molecule has 0 bridgehead atoms. The van der Waals surface area contributed by atoms with Crippen molar-refractivity contribution in [1.29, 1.82) is 0 Å². The third kappa shape index (κ3) is 3.70. The Morgan fingerprint density at radius 2 is 1.70 bits per heavy atom. The van der Waals surface area contributed by atoms with Gasteiger partial charge in [-0.25, -0.2) is 0 Å². The van der Waals surface area contributed by atoms with E-state index in [0.29, 0.717) is 17.0 Å². The molecule has 2 saturated heterocycles. The number of carbonyl (C=O) groups is 4. The lowest BCUT2D eigenvalue weighted by molar-refractivity contribution is -0.139. The van der Waals surface area contributed by atoms with Crippen molar-refractivity contribution in [3.05, 3.63) is 53.6 Å². The van der Waals surface area contributed by atoms with E-state index in [2.05, 4.69) is 0 Å². The first kappa shape index (κ1) is 19.8. The number of hydrogen-bond donors (Lipinski definition) is 0. The molecule has 0 aromatic heterocycles. The van der Waals surface area contributed by atoms with E-state index in [0.717, 1.165) is 11.3 Å². The molecular formula is C23H22N2O5. The van der Waals surface area contributed by atoms with Crippen LogP contribution in [0.1, 0.15) is 30.4 Å². The van der Waals surface area contributed by atoms with E-state index in [1.807, 2.05) is 31.2 Å². The second kappa shape index (κ2) is 7.74. The van der Waals surface area contributed by atoms with Gasteiger partial charge in [0.2, 0.25) is 17.7 Å². The van der Waals surface area contributed by atoms with Crippen LogP contribution < -0.4 is 14.5 Å². The molecule has 0 radical (unpaired) electrons. The Morgan fingerprint density at radius 1 is 0.967 bits per heavy atom. The molecule has 0 saturated carbocycles. The summed E-state index contributed by atoms with van der Waals surface area (Å²) < 4.78 is 5.50. The number of aryl methyl sites for hydroxylation is 2. The molecule has 2 aromatic carbocycles. The molecule has 4 rings (SSSR count). The maximum Gasteiger partial charge on any atom is 0.316 e. The van der Waals surface area contributed by atoms with Gasteiger partial charge in [0, 0.05) is 31.5 Å². The van der Waals surface area contributed by atoms with E-state index in [1.54, 1.807) is 30.0 Å². The maximum atomic E-state index is 12.6. The zero-order valence-corrected chi connectivity index (χ0v) is 16.9. The standard InChI is InChI=1S/C23H22N2O5/c1-14-4-3-5-17(10-14)24-13-16(12-22(24)28)23(29)30-18-6-7-19(15(2)11-18)25-20(26)8-9-21(25)27/h3-7,10-11,16H,8-9,12-13H2,1-2H3/t16-/m1/s1. The second-order valence-corrected chi connectivity index (χ2v) is 7.74. The summed E-state index contributed by atoms with van der Waals surface area (Å²) >= 11 is 0. The third-order valence-electron chi connectivity index (χ3n) is 5.45. The Bertz CT molecular complexity index is 1050. The molecule has 0 spiro atoms. The molecule has 2 aliphatic heterocycles. The molecule has 0 aliphatic carbocycles. The average Bonchev–Trinajstić information content (AvgIpc) is 3.25. The van der Waals surface area contributed by atoms with Gasteiger partial charge in [0.05, 0.1) is 11.6 Å². The molecule has 2 aromatic rings. The summed E-state index contributed by atoms with van der Waals surface area (Å²) in [6.45, 7) is 3.98. The Kier molecular flexibility index (Phi) is 5.11. The normalized spacial score (nSPS) is 19.0. The predicted molar refractivity (Wildman–Crippen MR) is 110 cm³/mol. The number of amides is 3. The van der Waals surface area contributed by atoms with E-state index >= 15 is 0 Å². The molecule has 7 heteroatoms. The average molecular weight is 406 g/mol. The Labute approximate surface area is 174 Å². The Hall–Kier alpha value is -3.48. The highest BCUT2D eigenvalue weighted by Gasteiger charge is 2.37. The Morgan fingerprint density at radius 3 is 2.37 bits per heavy atom. The molecule has 1 atom stereocenters. The zero-order chi connectivity index (χ0) is 21.4. The number of rotatable bonds is 4. The SMILES string of the molecule is Cc1cccc(N2C[C@H](C(=O)Oc3ccc(N4C(=O)CCC4=O)c(C)c3)CC2=O)c1. The summed E-state index contributed by atoms with van der Waals surface area (Å²) in [5.74, 6) is -1.28. The van der Waals surface area contributed by atoms with Crippen LogP contribution in [0.3, 0.4) is 0 Å².